The number of carbonyl (C=O) groups is 2. The number of rotatable bonds is 22. The van der Waals surface area contributed by atoms with E-state index in [1.807, 2.05) is 24.3 Å². The van der Waals surface area contributed by atoms with Gasteiger partial charge in [0.25, 0.3) is 0 Å². The molecule has 316 valence electrons. The number of carbonyl (C=O) groups excluding carboxylic acids is 2. The van der Waals surface area contributed by atoms with Gasteiger partial charge in [-0.15, -0.1) is 0 Å². The van der Waals surface area contributed by atoms with Gasteiger partial charge in [0.2, 0.25) is 0 Å². The van der Waals surface area contributed by atoms with E-state index in [1.165, 1.54) is 0 Å². The van der Waals surface area contributed by atoms with Gasteiger partial charge in [0.1, 0.15) is 23.0 Å². The van der Waals surface area contributed by atoms with Gasteiger partial charge in [0.05, 0.1) is 62.0 Å². The average molecular weight is 821 g/mol. The molecular weight excluding hydrogens is 769 g/mol. The Hall–Kier alpha value is -4.82. The molecule has 1 aliphatic carbocycles. The zero-order valence-corrected chi connectivity index (χ0v) is 33.7. The Kier molecular flexibility index (Phi) is 12.2. The van der Waals surface area contributed by atoms with Gasteiger partial charge in [0, 0.05) is 18.8 Å². The third kappa shape index (κ3) is 10.9. The van der Waals surface area contributed by atoms with Crippen molar-refractivity contribution in [1.29, 1.82) is 0 Å². The van der Waals surface area contributed by atoms with E-state index in [0.717, 1.165) is 87.2 Å². The number of hydrogen-bond donors (Lipinski definition) is 2. The molecule has 60 heavy (non-hydrogen) atoms. The Morgan fingerprint density at radius 2 is 0.867 bits per heavy atom. The average Bonchev–Trinajstić information content (AvgIpc) is 4.02. The molecule has 5 aliphatic rings. The maximum Gasteiger partial charge on any atom is 0.343 e. The van der Waals surface area contributed by atoms with E-state index < -0.39 is 24.5 Å². The predicted octanol–water partition coefficient (Wildman–Crippen LogP) is 7.60. The lowest BCUT2D eigenvalue weighted by Gasteiger charge is -2.18. The highest BCUT2D eigenvalue weighted by atomic mass is 16.6. The molecule has 9 rings (SSSR count). The molecule has 12 nitrogen and oxygen atoms in total. The largest absolute Gasteiger partial charge is 0.465 e. The molecule has 0 bridgehead atoms. The van der Waals surface area contributed by atoms with Gasteiger partial charge < -0.3 is 48.1 Å². The lowest BCUT2D eigenvalue weighted by atomic mass is 9.93. The van der Waals surface area contributed by atoms with Crippen LogP contribution >= 0.6 is 0 Å². The zero-order chi connectivity index (χ0) is 41.2. The van der Waals surface area contributed by atoms with Crippen molar-refractivity contribution < 1.29 is 57.7 Å². The van der Waals surface area contributed by atoms with E-state index in [0.29, 0.717) is 83.2 Å². The number of fused-ring (bicyclic) bond motifs is 3. The molecule has 4 aromatic rings. The predicted molar refractivity (Wildman–Crippen MR) is 218 cm³/mol. The minimum atomic E-state index is -0.958. The zero-order valence-electron chi connectivity index (χ0n) is 33.7. The first-order valence-corrected chi connectivity index (χ1v) is 21.3. The summed E-state index contributed by atoms with van der Waals surface area (Å²) >= 11 is 0. The normalized spacial score (nSPS) is 23.6. The van der Waals surface area contributed by atoms with E-state index in [-0.39, 0.29) is 5.92 Å². The van der Waals surface area contributed by atoms with Gasteiger partial charge in [-0.05, 0) is 145 Å². The highest BCUT2D eigenvalue weighted by Gasteiger charge is 2.34. The van der Waals surface area contributed by atoms with Crippen molar-refractivity contribution in [2.45, 2.75) is 101 Å². The molecule has 2 N–H and O–H groups in total. The van der Waals surface area contributed by atoms with E-state index in [1.54, 1.807) is 60.7 Å². The Balaban J connectivity index is 0.743. The van der Waals surface area contributed by atoms with Crippen LogP contribution in [0.4, 0.5) is 0 Å². The quantitative estimate of drug-likeness (QED) is 0.0346. The maximum absolute atomic E-state index is 13.1. The molecule has 4 aliphatic heterocycles. The highest BCUT2D eigenvalue weighted by Crippen LogP contribution is 2.47. The summed E-state index contributed by atoms with van der Waals surface area (Å²) in [5.41, 5.74) is 4.74. The summed E-state index contributed by atoms with van der Waals surface area (Å²) in [5, 5.41) is 21.1. The van der Waals surface area contributed by atoms with Crippen molar-refractivity contribution in [3.8, 4) is 34.1 Å². The van der Waals surface area contributed by atoms with E-state index in [9.17, 15) is 19.8 Å². The summed E-state index contributed by atoms with van der Waals surface area (Å²) < 4.78 is 44.7. The van der Waals surface area contributed by atoms with E-state index in [2.05, 4.69) is 6.92 Å². The summed E-state index contributed by atoms with van der Waals surface area (Å²) in [7, 11) is 0. The van der Waals surface area contributed by atoms with Gasteiger partial charge in [0.15, 0.2) is 12.6 Å². The van der Waals surface area contributed by atoms with Crippen LogP contribution in [-0.4, -0.2) is 85.6 Å². The van der Waals surface area contributed by atoms with Gasteiger partial charge >= 0.3 is 11.9 Å². The van der Waals surface area contributed by atoms with Crippen molar-refractivity contribution >= 4 is 11.9 Å². The van der Waals surface area contributed by atoms with Crippen molar-refractivity contribution in [3.05, 3.63) is 107 Å². The number of aliphatic hydroxyl groups excluding tert-OH is 2. The van der Waals surface area contributed by atoms with Gasteiger partial charge in [-0.1, -0.05) is 19.1 Å². The molecule has 4 saturated heterocycles. The van der Waals surface area contributed by atoms with Crippen LogP contribution in [0.5, 0.6) is 23.0 Å². The number of benzene rings is 4. The minimum absolute atomic E-state index is 0.0447. The Morgan fingerprint density at radius 3 is 1.20 bits per heavy atom. The first-order valence-electron chi connectivity index (χ1n) is 21.3. The fourth-order valence-corrected chi connectivity index (χ4v) is 8.41. The number of aliphatic hydroxyl groups is 2. The third-order valence-corrected chi connectivity index (χ3v) is 12.1. The van der Waals surface area contributed by atoms with Crippen LogP contribution in [0.3, 0.4) is 0 Å². The highest BCUT2D eigenvalue weighted by molar-refractivity contribution is 5.92. The molecule has 0 amide bonds. The number of hydrogen-bond acceptors (Lipinski definition) is 12. The van der Waals surface area contributed by atoms with Gasteiger partial charge in [-0.3, -0.25) is 0 Å². The number of ether oxygens (including phenoxy) is 8. The molecule has 6 atom stereocenters. The Labute approximate surface area is 349 Å². The molecule has 4 aromatic carbocycles. The standard InChI is InChI=1S/C48H52O12/c1-28-43-22-35(59-47(51)31-4-8-33(9-5-31)57-45(49)16-2-29(18-37-24-53-37)19-38-25-54-38)12-14-41(43)42-15-13-36(23-44(28)42)60-48(52)32-6-10-34(11-7-32)58-46(50)17-3-30(20-39-26-55-39)21-40-27-56-40/h4-15,22-23,28-30,37-40,45-46,49-50H,2-3,16-21,24-27H2,1H3. The van der Waals surface area contributed by atoms with Crippen molar-refractivity contribution in [2.24, 2.45) is 11.8 Å². The summed E-state index contributed by atoms with van der Waals surface area (Å²) in [6.07, 6.45) is 5.97. The summed E-state index contributed by atoms with van der Waals surface area (Å²) in [5.74, 6) is 1.55. The topological polar surface area (TPSA) is 162 Å². The lowest BCUT2D eigenvalue weighted by Crippen LogP contribution is -2.18. The fraction of sp³-hybridized carbons (Fsp3) is 0.458. The summed E-state index contributed by atoms with van der Waals surface area (Å²) in [4.78, 5) is 26.3. The SMILES string of the molecule is CC1c2cc(OC(=O)c3ccc(OC(O)CCC(CC4CO4)CC4CO4)cc3)ccc2-c2ccc(OC(=O)c3ccc(OC(O)CCC(CC4CO4)CC4CO4)cc3)cc21. The third-order valence-electron chi connectivity index (χ3n) is 12.1. The van der Waals surface area contributed by atoms with E-state index >= 15 is 0 Å². The Bertz CT molecular complexity index is 1940. The molecular formula is C48H52O12. The molecule has 0 saturated carbocycles. The van der Waals surface area contributed by atoms with Gasteiger partial charge in [-0.25, -0.2) is 9.59 Å². The van der Waals surface area contributed by atoms with Crippen LogP contribution < -0.4 is 18.9 Å². The van der Waals surface area contributed by atoms with Crippen LogP contribution in [0.1, 0.15) is 96.1 Å². The van der Waals surface area contributed by atoms with Crippen molar-refractivity contribution in [2.75, 3.05) is 26.4 Å². The monoisotopic (exact) mass is 820 g/mol. The lowest BCUT2D eigenvalue weighted by molar-refractivity contribution is -0.0283. The van der Waals surface area contributed by atoms with Crippen LogP contribution in [0.15, 0.2) is 84.9 Å². The smallest absolute Gasteiger partial charge is 0.343 e. The number of epoxide rings is 4. The molecule has 4 heterocycles. The van der Waals surface area contributed by atoms with Crippen molar-refractivity contribution in [3.63, 3.8) is 0 Å². The van der Waals surface area contributed by atoms with Crippen LogP contribution in [0, 0.1) is 11.8 Å². The van der Waals surface area contributed by atoms with E-state index in [4.69, 9.17) is 37.9 Å². The summed E-state index contributed by atoms with van der Waals surface area (Å²) in [6, 6.07) is 24.3. The molecule has 0 spiro atoms. The van der Waals surface area contributed by atoms with Crippen LogP contribution in [0.25, 0.3) is 11.1 Å². The maximum atomic E-state index is 13.1. The molecule has 12 heteroatoms. The second-order valence-corrected chi connectivity index (χ2v) is 16.8. The van der Waals surface area contributed by atoms with Crippen LogP contribution in [0.2, 0.25) is 0 Å². The van der Waals surface area contributed by atoms with Crippen LogP contribution in [-0.2, 0) is 18.9 Å². The minimum Gasteiger partial charge on any atom is -0.465 e. The number of esters is 2. The molecule has 4 fully saturated rings. The first kappa shape index (κ1) is 40.6. The second kappa shape index (κ2) is 18.0. The molecule has 0 aromatic heterocycles. The molecule has 6 unspecified atom stereocenters. The van der Waals surface area contributed by atoms with Gasteiger partial charge in [-0.2, -0.15) is 0 Å². The second-order valence-electron chi connectivity index (χ2n) is 16.8. The Morgan fingerprint density at radius 1 is 0.533 bits per heavy atom. The summed E-state index contributed by atoms with van der Waals surface area (Å²) in [6.45, 7) is 5.33. The first-order chi connectivity index (χ1) is 29.2. The fourth-order valence-electron chi connectivity index (χ4n) is 8.41. The molecule has 0 radical (unpaired) electrons. The van der Waals surface area contributed by atoms with Crippen molar-refractivity contribution in [1.82, 2.24) is 0 Å².